The highest BCUT2D eigenvalue weighted by Crippen LogP contribution is 2.21. The van der Waals surface area contributed by atoms with Gasteiger partial charge in [0.15, 0.2) is 0 Å². The molecule has 2 rings (SSSR count). The first-order valence-electron chi connectivity index (χ1n) is 7.47. The molecule has 0 aliphatic heterocycles. The molecule has 1 heterocycles. The molecule has 0 saturated carbocycles. The first-order chi connectivity index (χ1) is 10.2. The molecule has 0 amide bonds. The van der Waals surface area contributed by atoms with Gasteiger partial charge in [-0.1, -0.05) is 25.5 Å². The molecule has 0 unspecified atom stereocenters. The monoisotopic (exact) mass is 283 g/mol. The van der Waals surface area contributed by atoms with Crippen LogP contribution in [0.3, 0.4) is 0 Å². The van der Waals surface area contributed by atoms with Crippen LogP contribution in [0.1, 0.15) is 37.9 Å². The normalized spacial score (nSPS) is 11.1. The van der Waals surface area contributed by atoms with Crippen LogP contribution in [0.5, 0.6) is 0 Å². The fourth-order valence-corrected chi connectivity index (χ4v) is 2.24. The molecule has 3 nitrogen and oxygen atoms in total. The number of benzene rings is 1. The van der Waals surface area contributed by atoms with Crippen LogP contribution in [0, 0.1) is 0 Å². The molecule has 110 valence electrons. The molecule has 0 aliphatic rings. The molecular weight excluding hydrogens is 262 g/mol. The Balaban J connectivity index is 2.31. The van der Waals surface area contributed by atoms with Gasteiger partial charge in [0.2, 0.25) is 0 Å². The Bertz CT molecular complexity index is 647. The number of pyridine rings is 1. The van der Waals surface area contributed by atoms with Crippen molar-refractivity contribution in [2.45, 2.75) is 33.1 Å². The molecule has 1 aromatic heterocycles. The van der Waals surface area contributed by atoms with Crippen molar-refractivity contribution in [3.63, 3.8) is 0 Å². The van der Waals surface area contributed by atoms with Crippen LogP contribution in [0.25, 0.3) is 16.8 Å². The molecule has 2 aromatic rings. The number of aryl methyl sites for hydroxylation is 1. The number of carbonyl (C=O) groups is 1. The molecule has 21 heavy (non-hydrogen) atoms. The number of fused-ring (bicyclic) bond motifs is 1. The maximum atomic E-state index is 11.4. The summed E-state index contributed by atoms with van der Waals surface area (Å²) in [4.78, 5) is 15.8. The maximum Gasteiger partial charge on any atom is 0.330 e. The number of rotatable bonds is 6. The van der Waals surface area contributed by atoms with Gasteiger partial charge in [-0.3, -0.25) is 4.98 Å². The van der Waals surface area contributed by atoms with Crippen molar-refractivity contribution in [1.29, 1.82) is 0 Å². The smallest absolute Gasteiger partial charge is 0.330 e. The molecule has 0 aliphatic carbocycles. The summed E-state index contributed by atoms with van der Waals surface area (Å²) in [5.41, 5.74) is 2.11. The number of carbonyl (C=O) groups excluding carboxylic acids is 1. The lowest BCUT2D eigenvalue weighted by Gasteiger charge is -2.05. The van der Waals surface area contributed by atoms with Gasteiger partial charge in [0, 0.05) is 17.7 Å². The third kappa shape index (κ3) is 4.15. The highest BCUT2D eigenvalue weighted by molar-refractivity contribution is 5.93. The van der Waals surface area contributed by atoms with Gasteiger partial charge in [-0.05, 0) is 48.9 Å². The Morgan fingerprint density at radius 2 is 2.14 bits per heavy atom. The topological polar surface area (TPSA) is 39.2 Å². The van der Waals surface area contributed by atoms with Gasteiger partial charge >= 0.3 is 5.97 Å². The van der Waals surface area contributed by atoms with E-state index in [1.54, 1.807) is 19.2 Å². The average Bonchev–Trinajstić information content (AvgIpc) is 2.51. The average molecular weight is 283 g/mol. The van der Waals surface area contributed by atoms with E-state index >= 15 is 0 Å². The highest BCUT2D eigenvalue weighted by Gasteiger charge is 2.03. The molecule has 0 bridgehead atoms. The number of hydrogen-bond acceptors (Lipinski definition) is 3. The van der Waals surface area contributed by atoms with E-state index < -0.39 is 0 Å². The number of aromatic nitrogens is 1. The van der Waals surface area contributed by atoms with Crippen LogP contribution >= 0.6 is 0 Å². The van der Waals surface area contributed by atoms with Gasteiger partial charge < -0.3 is 4.74 Å². The Hall–Kier alpha value is -2.16. The van der Waals surface area contributed by atoms with E-state index in [0.29, 0.717) is 6.61 Å². The molecule has 0 saturated heterocycles. The molecule has 0 N–H and O–H groups in total. The predicted octanol–water partition coefficient (Wildman–Crippen LogP) is 4.15. The van der Waals surface area contributed by atoms with E-state index in [4.69, 9.17) is 4.74 Å². The van der Waals surface area contributed by atoms with E-state index in [0.717, 1.165) is 22.9 Å². The van der Waals surface area contributed by atoms with Gasteiger partial charge in [-0.25, -0.2) is 4.79 Å². The summed E-state index contributed by atoms with van der Waals surface area (Å²) in [6.07, 6.45) is 8.36. The van der Waals surface area contributed by atoms with Crippen molar-refractivity contribution in [2.24, 2.45) is 0 Å². The second-order valence-corrected chi connectivity index (χ2v) is 4.94. The Morgan fingerprint density at radius 1 is 1.29 bits per heavy atom. The summed E-state index contributed by atoms with van der Waals surface area (Å²) in [7, 11) is 0. The van der Waals surface area contributed by atoms with E-state index in [2.05, 4.69) is 30.1 Å². The fraction of sp³-hybridized carbons (Fsp3) is 0.333. The van der Waals surface area contributed by atoms with Gasteiger partial charge in [0.25, 0.3) is 0 Å². The Kier molecular flexibility index (Phi) is 5.50. The highest BCUT2D eigenvalue weighted by atomic mass is 16.5. The van der Waals surface area contributed by atoms with Crippen molar-refractivity contribution in [3.05, 3.63) is 47.8 Å². The number of ether oxygens (including phenoxy) is 1. The Morgan fingerprint density at radius 3 is 2.90 bits per heavy atom. The molecule has 1 aromatic carbocycles. The van der Waals surface area contributed by atoms with Crippen LogP contribution in [0.15, 0.2) is 36.5 Å². The lowest BCUT2D eigenvalue weighted by atomic mass is 10.0. The van der Waals surface area contributed by atoms with Crippen LogP contribution in [-0.2, 0) is 16.0 Å². The Labute approximate surface area is 125 Å². The van der Waals surface area contributed by atoms with Crippen LogP contribution in [0.4, 0.5) is 0 Å². The zero-order valence-corrected chi connectivity index (χ0v) is 12.6. The second kappa shape index (κ2) is 7.58. The molecule has 0 spiro atoms. The number of nitrogens with zero attached hydrogens (tertiary/aromatic N) is 1. The SMILES string of the molecule is CCCCc1ccc2ccnc(/C=C/C(=O)OCC)c2c1. The van der Waals surface area contributed by atoms with Crippen molar-refractivity contribution >= 4 is 22.8 Å². The van der Waals surface area contributed by atoms with E-state index in [-0.39, 0.29) is 5.97 Å². The lowest BCUT2D eigenvalue weighted by molar-refractivity contribution is -0.137. The van der Waals surface area contributed by atoms with Crippen molar-refractivity contribution in [1.82, 2.24) is 4.98 Å². The summed E-state index contributed by atoms with van der Waals surface area (Å²) in [5, 5.41) is 2.21. The second-order valence-electron chi connectivity index (χ2n) is 4.94. The van der Waals surface area contributed by atoms with Gasteiger partial charge in [0.1, 0.15) is 0 Å². The summed E-state index contributed by atoms with van der Waals surface area (Å²) in [5.74, 6) is -0.335. The minimum atomic E-state index is -0.335. The first kappa shape index (κ1) is 15.2. The standard InChI is InChI=1S/C18H21NO2/c1-3-5-6-14-7-8-15-11-12-19-17(16(15)13-14)9-10-18(20)21-4-2/h7-13H,3-6H2,1-2H3/b10-9+. The van der Waals surface area contributed by atoms with Gasteiger partial charge in [-0.15, -0.1) is 0 Å². The summed E-state index contributed by atoms with van der Waals surface area (Å²) < 4.78 is 4.90. The quantitative estimate of drug-likeness (QED) is 0.590. The summed E-state index contributed by atoms with van der Waals surface area (Å²) >= 11 is 0. The molecular formula is C18H21NO2. The van der Waals surface area contributed by atoms with Crippen LogP contribution < -0.4 is 0 Å². The predicted molar refractivity (Wildman–Crippen MR) is 86.0 cm³/mol. The van der Waals surface area contributed by atoms with Gasteiger partial charge in [-0.2, -0.15) is 0 Å². The van der Waals surface area contributed by atoms with E-state index in [1.165, 1.54) is 24.5 Å². The van der Waals surface area contributed by atoms with Crippen LogP contribution in [0.2, 0.25) is 0 Å². The number of hydrogen-bond donors (Lipinski definition) is 0. The number of esters is 1. The summed E-state index contributed by atoms with van der Waals surface area (Å²) in [6, 6.07) is 8.43. The van der Waals surface area contributed by atoms with Gasteiger partial charge in [0.05, 0.1) is 12.3 Å². The maximum absolute atomic E-state index is 11.4. The zero-order chi connectivity index (χ0) is 15.1. The molecule has 3 heteroatoms. The largest absolute Gasteiger partial charge is 0.463 e. The summed E-state index contributed by atoms with van der Waals surface area (Å²) in [6.45, 7) is 4.37. The van der Waals surface area contributed by atoms with Crippen LogP contribution in [-0.4, -0.2) is 17.6 Å². The zero-order valence-electron chi connectivity index (χ0n) is 12.6. The van der Waals surface area contributed by atoms with E-state index in [9.17, 15) is 4.79 Å². The van der Waals surface area contributed by atoms with Crippen molar-refractivity contribution in [3.8, 4) is 0 Å². The minimum Gasteiger partial charge on any atom is -0.463 e. The third-order valence-corrected chi connectivity index (χ3v) is 3.34. The third-order valence-electron chi connectivity index (χ3n) is 3.34. The minimum absolute atomic E-state index is 0.335. The van der Waals surface area contributed by atoms with E-state index in [1.807, 2.05) is 6.07 Å². The molecule has 0 radical (unpaired) electrons. The first-order valence-corrected chi connectivity index (χ1v) is 7.47. The molecule has 0 atom stereocenters. The molecule has 0 fully saturated rings. The van der Waals surface area contributed by atoms with Crippen molar-refractivity contribution < 1.29 is 9.53 Å². The van der Waals surface area contributed by atoms with Crippen molar-refractivity contribution in [2.75, 3.05) is 6.61 Å². The number of unbranched alkanes of at least 4 members (excludes halogenated alkanes) is 1. The lowest BCUT2D eigenvalue weighted by Crippen LogP contribution is -1.99. The fourth-order valence-electron chi connectivity index (χ4n) is 2.24.